The quantitative estimate of drug-likeness (QED) is 0.373. The molecule has 4 rings (SSSR count). The van der Waals surface area contributed by atoms with Crippen LogP contribution < -0.4 is 20.7 Å². The highest BCUT2D eigenvalue weighted by Crippen LogP contribution is 2.30. The molecule has 0 aliphatic heterocycles. The summed E-state index contributed by atoms with van der Waals surface area (Å²) < 4.78 is 10.9. The molecule has 2 aromatic carbocycles. The molecular formula is C27H32ClN5O4. The molecule has 0 spiro atoms. The van der Waals surface area contributed by atoms with Crippen LogP contribution in [0.4, 0.5) is 16.6 Å². The van der Waals surface area contributed by atoms with Crippen molar-refractivity contribution in [2.75, 3.05) is 17.7 Å². The number of benzene rings is 2. The molecular weight excluding hydrogens is 494 g/mol. The lowest BCUT2D eigenvalue weighted by Crippen LogP contribution is -2.49. The van der Waals surface area contributed by atoms with Crippen LogP contribution in [0.2, 0.25) is 5.02 Å². The number of hydrogen-bond acceptors (Lipinski definition) is 7. The van der Waals surface area contributed by atoms with Crippen LogP contribution in [0.15, 0.2) is 42.5 Å². The summed E-state index contributed by atoms with van der Waals surface area (Å²) in [7, 11) is 1.59. The molecule has 1 aromatic heterocycles. The van der Waals surface area contributed by atoms with E-state index in [4.69, 9.17) is 21.1 Å². The van der Waals surface area contributed by atoms with Crippen LogP contribution >= 0.6 is 11.6 Å². The van der Waals surface area contributed by atoms with Gasteiger partial charge in [0.25, 0.3) is 5.91 Å². The molecule has 1 saturated carbocycles. The van der Waals surface area contributed by atoms with E-state index < -0.39 is 11.7 Å². The molecule has 37 heavy (non-hydrogen) atoms. The third kappa shape index (κ3) is 7.01. The maximum atomic E-state index is 12.8. The zero-order valence-corrected chi connectivity index (χ0v) is 22.2. The van der Waals surface area contributed by atoms with E-state index in [0.717, 1.165) is 31.1 Å². The SMILES string of the molecule is COc1ccc2nc(NC(=O)c3ccc(Cl)cc3)nc(NC3CCCCC3NC(=O)OC(C)(C)C)c2c1. The van der Waals surface area contributed by atoms with Crippen LogP contribution in [0.25, 0.3) is 10.9 Å². The maximum absolute atomic E-state index is 12.8. The maximum Gasteiger partial charge on any atom is 0.407 e. The molecule has 1 aliphatic rings. The fourth-order valence-corrected chi connectivity index (χ4v) is 4.41. The highest BCUT2D eigenvalue weighted by molar-refractivity contribution is 6.30. The Balaban J connectivity index is 1.62. The van der Waals surface area contributed by atoms with Gasteiger partial charge in [-0.2, -0.15) is 4.98 Å². The average Bonchev–Trinajstić information content (AvgIpc) is 2.84. The Hall–Kier alpha value is -3.59. The van der Waals surface area contributed by atoms with E-state index in [9.17, 15) is 9.59 Å². The molecule has 1 fully saturated rings. The first-order valence-electron chi connectivity index (χ1n) is 12.3. The molecule has 0 bridgehead atoms. The van der Waals surface area contributed by atoms with E-state index in [1.807, 2.05) is 32.9 Å². The van der Waals surface area contributed by atoms with Crippen molar-refractivity contribution in [3.63, 3.8) is 0 Å². The fourth-order valence-electron chi connectivity index (χ4n) is 4.29. The van der Waals surface area contributed by atoms with Gasteiger partial charge >= 0.3 is 6.09 Å². The molecule has 0 radical (unpaired) electrons. The second kappa shape index (κ2) is 11.2. The summed E-state index contributed by atoms with van der Waals surface area (Å²) in [6.07, 6.45) is 3.21. The van der Waals surface area contributed by atoms with E-state index in [0.29, 0.717) is 27.7 Å². The number of fused-ring (bicyclic) bond motifs is 1. The second-order valence-corrected chi connectivity index (χ2v) is 10.5. The Labute approximate surface area is 221 Å². The summed E-state index contributed by atoms with van der Waals surface area (Å²) in [5.74, 6) is 1.01. The summed E-state index contributed by atoms with van der Waals surface area (Å²) in [6, 6.07) is 11.8. The van der Waals surface area contributed by atoms with Crippen LogP contribution in [0, 0.1) is 0 Å². The van der Waals surface area contributed by atoms with Crippen molar-refractivity contribution in [3.05, 3.63) is 53.1 Å². The number of nitrogens with one attached hydrogen (secondary N) is 3. The summed E-state index contributed by atoms with van der Waals surface area (Å²) in [5.41, 5.74) is 0.488. The van der Waals surface area contributed by atoms with Crippen LogP contribution in [0.1, 0.15) is 56.8 Å². The molecule has 3 N–H and O–H groups in total. The van der Waals surface area contributed by atoms with Gasteiger partial charge in [0.05, 0.1) is 18.7 Å². The summed E-state index contributed by atoms with van der Waals surface area (Å²) in [4.78, 5) is 34.5. The summed E-state index contributed by atoms with van der Waals surface area (Å²) in [5, 5.41) is 10.6. The largest absolute Gasteiger partial charge is 0.497 e. The molecule has 2 atom stereocenters. The third-order valence-corrected chi connectivity index (χ3v) is 6.28. The number of hydrogen-bond donors (Lipinski definition) is 3. The van der Waals surface area contributed by atoms with Crippen LogP contribution in [0.5, 0.6) is 5.75 Å². The van der Waals surface area contributed by atoms with Gasteiger partial charge in [-0.25, -0.2) is 9.78 Å². The topological polar surface area (TPSA) is 114 Å². The van der Waals surface area contributed by atoms with Gasteiger partial charge in [-0.3, -0.25) is 10.1 Å². The number of aromatic nitrogens is 2. The minimum absolute atomic E-state index is 0.0922. The van der Waals surface area contributed by atoms with Crippen molar-refractivity contribution in [3.8, 4) is 5.75 Å². The lowest BCUT2D eigenvalue weighted by molar-refractivity contribution is 0.0488. The van der Waals surface area contributed by atoms with Gasteiger partial charge in [0.1, 0.15) is 17.2 Å². The molecule has 9 nitrogen and oxygen atoms in total. The Morgan fingerprint density at radius 3 is 2.38 bits per heavy atom. The molecule has 196 valence electrons. The van der Waals surface area contributed by atoms with Gasteiger partial charge in [-0.05, 0) is 76.1 Å². The zero-order valence-electron chi connectivity index (χ0n) is 21.4. The zero-order chi connectivity index (χ0) is 26.6. The lowest BCUT2D eigenvalue weighted by atomic mass is 9.90. The summed E-state index contributed by atoms with van der Waals surface area (Å²) >= 11 is 5.95. The first-order chi connectivity index (χ1) is 17.6. The van der Waals surface area contributed by atoms with Crippen LogP contribution in [-0.4, -0.2) is 46.8 Å². The number of amides is 2. The second-order valence-electron chi connectivity index (χ2n) is 10.0. The first kappa shape index (κ1) is 26.5. The van der Waals surface area contributed by atoms with Crippen molar-refractivity contribution in [2.24, 2.45) is 0 Å². The van der Waals surface area contributed by atoms with Crippen molar-refractivity contribution in [1.82, 2.24) is 15.3 Å². The summed E-state index contributed by atoms with van der Waals surface area (Å²) in [6.45, 7) is 5.51. The fraction of sp³-hybridized carbons (Fsp3) is 0.407. The normalized spacial score (nSPS) is 17.6. The van der Waals surface area contributed by atoms with E-state index in [2.05, 4.69) is 25.9 Å². The van der Waals surface area contributed by atoms with Crippen LogP contribution in [-0.2, 0) is 4.74 Å². The van der Waals surface area contributed by atoms with E-state index in [-0.39, 0.29) is 23.9 Å². The average molecular weight is 526 g/mol. The highest BCUT2D eigenvalue weighted by atomic mass is 35.5. The number of ether oxygens (including phenoxy) is 2. The number of rotatable bonds is 6. The van der Waals surface area contributed by atoms with Gasteiger partial charge in [0, 0.05) is 22.0 Å². The first-order valence-corrected chi connectivity index (χ1v) is 12.7. The standard InChI is InChI=1S/C27H32ClN5O4/c1-27(2,3)37-26(35)31-22-8-6-5-7-21(22)29-23-19-15-18(36-4)13-14-20(19)30-25(32-23)33-24(34)16-9-11-17(28)12-10-16/h9-15,21-22H,5-8H2,1-4H3,(H,31,35)(H2,29,30,32,33,34). The number of anilines is 2. The predicted molar refractivity (Wildman–Crippen MR) is 145 cm³/mol. The number of alkyl carbamates (subject to hydrolysis) is 1. The lowest BCUT2D eigenvalue weighted by Gasteiger charge is -2.34. The molecule has 2 amide bonds. The van der Waals surface area contributed by atoms with Crippen molar-refractivity contribution in [1.29, 1.82) is 0 Å². The van der Waals surface area contributed by atoms with Gasteiger partial charge in [-0.1, -0.05) is 24.4 Å². The van der Waals surface area contributed by atoms with Gasteiger partial charge in [0.15, 0.2) is 0 Å². The van der Waals surface area contributed by atoms with Gasteiger partial charge < -0.3 is 20.1 Å². The number of carbonyl (C=O) groups excluding carboxylic acids is 2. The molecule has 0 saturated heterocycles. The Morgan fingerprint density at radius 1 is 1.00 bits per heavy atom. The van der Waals surface area contributed by atoms with Crippen LogP contribution in [0.3, 0.4) is 0 Å². The number of methoxy groups -OCH3 is 1. The van der Waals surface area contributed by atoms with Gasteiger partial charge in [-0.15, -0.1) is 0 Å². The van der Waals surface area contributed by atoms with Gasteiger partial charge in [0.2, 0.25) is 5.95 Å². The number of halogens is 1. The number of nitrogens with zero attached hydrogens (tertiary/aromatic N) is 2. The predicted octanol–water partition coefficient (Wildman–Crippen LogP) is 5.79. The number of carbonyl (C=O) groups is 2. The highest BCUT2D eigenvalue weighted by Gasteiger charge is 2.29. The molecule has 2 unspecified atom stereocenters. The van der Waals surface area contributed by atoms with E-state index in [1.54, 1.807) is 37.4 Å². The Morgan fingerprint density at radius 2 is 1.70 bits per heavy atom. The van der Waals surface area contributed by atoms with E-state index in [1.165, 1.54) is 0 Å². The monoisotopic (exact) mass is 525 g/mol. The Kier molecular flexibility index (Phi) is 8.02. The van der Waals surface area contributed by atoms with Crippen molar-refractivity contribution >= 4 is 46.3 Å². The van der Waals surface area contributed by atoms with Crippen molar-refractivity contribution in [2.45, 2.75) is 64.1 Å². The molecule has 1 heterocycles. The molecule has 10 heteroatoms. The molecule has 3 aromatic rings. The smallest absolute Gasteiger partial charge is 0.407 e. The van der Waals surface area contributed by atoms with Crippen molar-refractivity contribution < 1.29 is 19.1 Å². The minimum atomic E-state index is -0.585. The molecule has 1 aliphatic carbocycles. The third-order valence-electron chi connectivity index (χ3n) is 6.02. The van der Waals surface area contributed by atoms with E-state index >= 15 is 0 Å². The Bertz CT molecular complexity index is 1280. The minimum Gasteiger partial charge on any atom is -0.497 e.